The molecule has 1 N–H and O–H groups in total. The normalized spacial score (nSPS) is 17.8. The number of hydrogen-bond acceptors (Lipinski definition) is 3. The summed E-state index contributed by atoms with van der Waals surface area (Å²) in [6.45, 7) is 1.22. The van der Waals surface area contributed by atoms with Crippen LogP contribution >= 0.6 is 0 Å². The first-order valence-electron chi connectivity index (χ1n) is 6.41. The van der Waals surface area contributed by atoms with Crippen molar-refractivity contribution in [1.29, 1.82) is 0 Å². The van der Waals surface area contributed by atoms with Crippen LogP contribution in [-0.4, -0.2) is 42.0 Å². The van der Waals surface area contributed by atoms with Crippen LogP contribution in [0, 0.1) is 0 Å². The Morgan fingerprint density at radius 1 is 1.37 bits per heavy atom. The van der Waals surface area contributed by atoms with Crippen molar-refractivity contribution in [3.8, 4) is 0 Å². The van der Waals surface area contributed by atoms with E-state index in [1.165, 1.54) is 0 Å². The third-order valence-corrected chi connectivity index (χ3v) is 3.24. The second-order valence-corrected chi connectivity index (χ2v) is 4.70. The maximum atomic E-state index is 11.9. The number of imidazole rings is 1. The largest absolute Gasteiger partial charge is 0.411 e. The lowest BCUT2D eigenvalue weighted by molar-refractivity contribution is -0.174. The molecule has 1 aromatic heterocycles. The summed E-state index contributed by atoms with van der Waals surface area (Å²) in [4.78, 5) is 4.09. The molecule has 0 amide bonds. The number of aromatic nitrogens is 2. The van der Waals surface area contributed by atoms with Gasteiger partial charge < -0.3 is 14.6 Å². The van der Waals surface area contributed by atoms with Crippen LogP contribution in [0.4, 0.5) is 13.2 Å². The van der Waals surface area contributed by atoms with Gasteiger partial charge in [-0.3, -0.25) is 0 Å². The van der Waals surface area contributed by atoms with Crippen molar-refractivity contribution in [2.24, 2.45) is 0 Å². The summed E-state index contributed by atoms with van der Waals surface area (Å²) in [5.41, 5.74) is 1.09. The summed E-state index contributed by atoms with van der Waals surface area (Å²) in [7, 11) is 0. The molecule has 0 radical (unpaired) electrons. The Labute approximate surface area is 110 Å². The predicted molar refractivity (Wildman–Crippen MR) is 63.9 cm³/mol. The lowest BCUT2D eigenvalue weighted by atomic mass is 9.95. The summed E-state index contributed by atoms with van der Waals surface area (Å²) < 4.78 is 42.3. The molecule has 19 heavy (non-hydrogen) atoms. The Morgan fingerprint density at radius 2 is 2.11 bits per heavy atom. The highest BCUT2D eigenvalue weighted by molar-refractivity contribution is 5.07. The summed E-state index contributed by atoms with van der Waals surface area (Å²) in [6, 6.07) is 0. The first-order chi connectivity index (χ1) is 9.06. The summed E-state index contributed by atoms with van der Waals surface area (Å²) in [6.07, 6.45) is 1.28. The van der Waals surface area contributed by atoms with Gasteiger partial charge in [0.1, 0.15) is 6.61 Å². The average molecular weight is 277 g/mol. The number of nitrogens with one attached hydrogen (secondary N) is 1. The number of ether oxygens (including phenoxy) is 1. The maximum Gasteiger partial charge on any atom is 0.411 e. The molecule has 0 aromatic carbocycles. The van der Waals surface area contributed by atoms with E-state index < -0.39 is 12.8 Å². The molecule has 0 saturated carbocycles. The second-order valence-electron chi connectivity index (χ2n) is 4.70. The van der Waals surface area contributed by atoms with Gasteiger partial charge in [-0.15, -0.1) is 0 Å². The van der Waals surface area contributed by atoms with Crippen molar-refractivity contribution < 1.29 is 17.9 Å². The van der Waals surface area contributed by atoms with E-state index >= 15 is 0 Å². The highest BCUT2D eigenvalue weighted by Gasteiger charge is 2.27. The van der Waals surface area contributed by atoms with Crippen molar-refractivity contribution in [1.82, 2.24) is 14.9 Å². The van der Waals surface area contributed by atoms with Crippen molar-refractivity contribution in [3.63, 3.8) is 0 Å². The number of hydrogen-bond donors (Lipinski definition) is 1. The molecule has 1 saturated heterocycles. The van der Waals surface area contributed by atoms with E-state index in [0.29, 0.717) is 12.5 Å². The van der Waals surface area contributed by atoms with Gasteiger partial charge in [0.05, 0.1) is 12.9 Å². The Hall–Kier alpha value is -1.08. The lowest BCUT2D eigenvalue weighted by Crippen LogP contribution is -2.28. The molecule has 2 rings (SSSR count). The molecule has 0 atom stereocenters. The monoisotopic (exact) mass is 277 g/mol. The van der Waals surface area contributed by atoms with Crippen molar-refractivity contribution >= 4 is 0 Å². The van der Waals surface area contributed by atoms with E-state index in [1.54, 1.807) is 12.5 Å². The van der Waals surface area contributed by atoms with Gasteiger partial charge in [0.25, 0.3) is 0 Å². The van der Waals surface area contributed by atoms with Crippen molar-refractivity contribution in [2.45, 2.75) is 31.5 Å². The minimum atomic E-state index is -4.26. The molecule has 0 unspecified atom stereocenters. The molecule has 4 nitrogen and oxygen atoms in total. The summed E-state index contributed by atoms with van der Waals surface area (Å²) in [5, 5.41) is 3.29. The highest BCUT2D eigenvalue weighted by atomic mass is 19.4. The Morgan fingerprint density at radius 3 is 2.79 bits per heavy atom. The molecule has 1 aliphatic heterocycles. The highest BCUT2D eigenvalue weighted by Crippen LogP contribution is 2.24. The number of piperidine rings is 1. The molecule has 0 aliphatic carbocycles. The van der Waals surface area contributed by atoms with Gasteiger partial charge in [0.2, 0.25) is 0 Å². The maximum absolute atomic E-state index is 11.9. The van der Waals surface area contributed by atoms with Crippen LogP contribution < -0.4 is 5.32 Å². The van der Waals surface area contributed by atoms with Crippen molar-refractivity contribution in [2.75, 3.05) is 26.3 Å². The van der Waals surface area contributed by atoms with E-state index in [1.807, 2.05) is 4.57 Å². The summed E-state index contributed by atoms with van der Waals surface area (Å²) >= 11 is 0. The topological polar surface area (TPSA) is 39.1 Å². The van der Waals surface area contributed by atoms with Gasteiger partial charge >= 0.3 is 6.18 Å². The minimum absolute atomic E-state index is 0.0494. The Kier molecular flexibility index (Phi) is 4.81. The molecule has 108 valence electrons. The van der Waals surface area contributed by atoms with Crippen LogP contribution in [0.5, 0.6) is 0 Å². The van der Waals surface area contributed by atoms with Gasteiger partial charge in [0, 0.05) is 24.4 Å². The van der Waals surface area contributed by atoms with Gasteiger partial charge in [-0.05, 0) is 25.9 Å². The standard InChI is InChI=1S/C12H18F3N3O/c13-12(14,15)8-19-6-5-18-9-17-7-11(18)10-1-3-16-4-2-10/h7,9-10,16H,1-6,8H2. The van der Waals surface area contributed by atoms with Gasteiger partial charge in [-0.25, -0.2) is 4.98 Å². The van der Waals surface area contributed by atoms with Gasteiger partial charge in [0.15, 0.2) is 0 Å². The van der Waals surface area contributed by atoms with Gasteiger partial charge in [-0.1, -0.05) is 0 Å². The number of alkyl halides is 3. The van der Waals surface area contributed by atoms with E-state index in [4.69, 9.17) is 0 Å². The molecular formula is C12H18F3N3O. The van der Waals surface area contributed by atoms with E-state index in [2.05, 4.69) is 15.0 Å². The molecule has 1 fully saturated rings. The molecule has 0 spiro atoms. The molecule has 2 heterocycles. The van der Waals surface area contributed by atoms with E-state index in [0.717, 1.165) is 31.6 Å². The molecule has 0 bridgehead atoms. The first-order valence-corrected chi connectivity index (χ1v) is 6.41. The fourth-order valence-corrected chi connectivity index (χ4v) is 2.33. The quantitative estimate of drug-likeness (QED) is 0.836. The molecule has 1 aliphatic rings. The number of nitrogens with zero attached hydrogens (tertiary/aromatic N) is 2. The Bertz CT molecular complexity index is 386. The van der Waals surface area contributed by atoms with Crippen LogP contribution in [0.25, 0.3) is 0 Å². The zero-order chi connectivity index (χ0) is 13.7. The minimum Gasteiger partial charge on any atom is -0.370 e. The fraction of sp³-hybridized carbons (Fsp3) is 0.750. The zero-order valence-corrected chi connectivity index (χ0v) is 10.6. The predicted octanol–water partition coefficient (Wildman–Crippen LogP) is 1.93. The second kappa shape index (κ2) is 6.38. The van der Waals surface area contributed by atoms with Gasteiger partial charge in [-0.2, -0.15) is 13.2 Å². The Balaban J connectivity index is 1.82. The number of halogens is 3. The van der Waals surface area contributed by atoms with Crippen LogP contribution in [0.1, 0.15) is 24.5 Å². The third kappa shape index (κ3) is 4.50. The smallest absolute Gasteiger partial charge is 0.370 e. The zero-order valence-electron chi connectivity index (χ0n) is 10.6. The summed E-state index contributed by atoms with van der Waals surface area (Å²) in [5.74, 6) is 0.436. The van der Waals surface area contributed by atoms with E-state index in [-0.39, 0.29) is 6.61 Å². The fourth-order valence-electron chi connectivity index (χ4n) is 2.33. The van der Waals surface area contributed by atoms with Crippen LogP contribution in [0.15, 0.2) is 12.5 Å². The third-order valence-electron chi connectivity index (χ3n) is 3.24. The van der Waals surface area contributed by atoms with Crippen molar-refractivity contribution in [3.05, 3.63) is 18.2 Å². The average Bonchev–Trinajstić information content (AvgIpc) is 2.83. The van der Waals surface area contributed by atoms with Crippen LogP contribution in [0.2, 0.25) is 0 Å². The molecule has 7 heteroatoms. The lowest BCUT2D eigenvalue weighted by Gasteiger charge is -2.23. The SMILES string of the molecule is FC(F)(F)COCCn1cncc1C1CCNCC1. The first kappa shape index (κ1) is 14.3. The number of rotatable bonds is 5. The van der Waals surface area contributed by atoms with Crippen LogP contribution in [0.3, 0.4) is 0 Å². The van der Waals surface area contributed by atoms with Crippen LogP contribution in [-0.2, 0) is 11.3 Å². The molecular weight excluding hydrogens is 259 g/mol. The van der Waals surface area contributed by atoms with E-state index in [9.17, 15) is 13.2 Å². The molecule has 1 aromatic rings.